The van der Waals surface area contributed by atoms with Crippen molar-refractivity contribution in [3.8, 4) is 11.4 Å². The van der Waals surface area contributed by atoms with E-state index in [0.717, 1.165) is 22.8 Å². The number of hydrogen-bond acceptors (Lipinski definition) is 3. The molecule has 0 spiro atoms. The molecule has 0 aliphatic rings. The Morgan fingerprint density at radius 2 is 1.91 bits per heavy atom. The number of imidazole rings is 1. The Balaban J connectivity index is 1.67. The molecule has 0 atom stereocenters. The third-order valence-electron chi connectivity index (χ3n) is 3.74. The minimum absolute atomic E-state index is 0.448. The van der Waals surface area contributed by atoms with Gasteiger partial charge in [0.1, 0.15) is 12.4 Å². The van der Waals surface area contributed by atoms with Crippen LogP contribution in [0, 0.1) is 0 Å². The summed E-state index contributed by atoms with van der Waals surface area (Å²) in [5.41, 5.74) is 9.65. The average molecular weight is 307 g/mol. The first-order valence-corrected chi connectivity index (χ1v) is 7.73. The molecule has 0 aliphatic carbocycles. The van der Waals surface area contributed by atoms with Crippen molar-refractivity contribution in [1.82, 2.24) is 9.55 Å². The zero-order valence-electron chi connectivity index (χ0n) is 13.4. The summed E-state index contributed by atoms with van der Waals surface area (Å²) >= 11 is 0. The molecule has 4 heteroatoms. The normalized spacial score (nSPS) is 10.9. The molecule has 2 N–H and O–H groups in total. The number of ether oxygens (including phenoxy) is 1. The van der Waals surface area contributed by atoms with Crippen molar-refractivity contribution < 1.29 is 4.74 Å². The molecule has 3 aromatic rings. The van der Waals surface area contributed by atoms with Crippen LogP contribution in [0.1, 0.15) is 31.0 Å². The number of nitrogens with two attached hydrogens (primary N) is 1. The maximum atomic E-state index is 5.86. The quantitative estimate of drug-likeness (QED) is 0.720. The highest BCUT2D eigenvalue weighted by Gasteiger charge is 2.04. The van der Waals surface area contributed by atoms with Gasteiger partial charge < -0.3 is 15.0 Å². The van der Waals surface area contributed by atoms with Gasteiger partial charge in [-0.1, -0.05) is 26.0 Å². The summed E-state index contributed by atoms with van der Waals surface area (Å²) in [6, 6.07) is 15.9. The average Bonchev–Trinajstić information content (AvgIpc) is 3.03. The van der Waals surface area contributed by atoms with Crippen LogP contribution in [-0.4, -0.2) is 9.55 Å². The van der Waals surface area contributed by atoms with Gasteiger partial charge in [-0.2, -0.15) is 0 Å². The maximum Gasteiger partial charge on any atom is 0.132 e. The van der Waals surface area contributed by atoms with Gasteiger partial charge in [0.2, 0.25) is 0 Å². The number of nitrogen functional groups attached to an aromatic ring is 1. The number of hydrogen-bond donors (Lipinski definition) is 1. The van der Waals surface area contributed by atoms with Crippen LogP contribution in [-0.2, 0) is 6.61 Å². The number of benzene rings is 2. The second-order valence-corrected chi connectivity index (χ2v) is 5.88. The van der Waals surface area contributed by atoms with Crippen molar-refractivity contribution in [3.63, 3.8) is 0 Å². The second-order valence-electron chi connectivity index (χ2n) is 5.88. The molecule has 0 aliphatic heterocycles. The van der Waals surface area contributed by atoms with E-state index in [-0.39, 0.29) is 0 Å². The topological polar surface area (TPSA) is 53.1 Å². The van der Waals surface area contributed by atoms with E-state index < -0.39 is 0 Å². The van der Waals surface area contributed by atoms with E-state index in [1.165, 1.54) is 5.56 Å². The monoisotopic (exact) mass is 307 g/mol. The van der Waals surface area contributed by atoms with Crippen LogP contribution in [0.15, 0.2) is 61.1 Å². The molecule has 0 unspecified atom stereocenters. The first-order chi connectivity index (χ1) is 11.1. The Morgan fingerprint density at radius 1 is 1.13 bits per heavy atom. The number of aromatic nitrogens is 2. The highest BCUT2D eigenvalue weighted by atomic mass is 16.5. The van der Waals surface area contributed by atoms with Crippen LogP contribution in [0.5, 0.6) is 5.75 Å². The summed E-state index contributed by atoms with van der Waals surface area (Å²) < 4.78 is 7.82. The molecular formula is C19H21N3O. The van der Waals surface area contributed by atoms with Crippen LogP contribution in [0.25, 0.3) is 5.69 Å². The maximum absolute atomic E-state index is 5.86. The standard InChI is InChI=1S/C19H21N3O/c1-14(2)15-4-3-5-19(10-15)23-12-17-11-22(13-21-17)18-8-6-16(20)7-9-18/h3-11,13-14H,12,20H2,1-2H3. The highest BCUT2D eigenvalue weighted by Crippen LogP contribution is 2.21. The van der Waals surface area contributed by atoms with Gasteiger partial charge in [-0.05, 0) is 47.9 Å². The third kappa shape index (κ3) is 3.72. The first-order valence-electron chi connectivity index (χ1n) is 7.73. The van der Waals surface area contributed by atoms with Gasteiger partial charge in [-0.25, -0.2) is 4.98 Å². The van der Waals surface area contributed by atoms with Crippen molar-refractivity contribution in [2.24, 2.45) is 0 Å². The molecule has 2 aromatic carbocycles. The molecule has 0 bridgehead atoms. The minimum Gasteiger partial charge on any atom is -0.487 e. The van der Waals surface area contributed by atoms with Crippen molar-refractivity contribution in [2.45, 2.75) is 26.4 Å². The first kappa shape index (κ1) is 15.2. The Kier molecular flexibility index (Phi) is 4.33. The van der Waals surface area contributed by atoms with Gasteiger partial charge in [-0.15, -0.1) is 0 Å². The molecule has 1 heterocycles. The number of anilines is 1. The molecule has 118 valence electrons. The van der Waals surface area contributed by atoms with Gasteiger partial charge in [-0.3, -0.25) is 0 Å². The van der Waals surface area contributed by atoms with Gasteiger partial charge in [0.25, 0.3) is 0 Å². The Bertz CT molecular complexity index is 775. The van der Waals surface area contributed by atoms with Crippen molar-refractivity contribution >= 4 is 5.69 Å². The Labute approximate surface area is 136 Å². The molecule has 4 nitrogen and oxygen atoms in total. The zero-order valence-corrected chi connectivity index (χ0v) is 13.4. The van der Waals surface area contributed by atoms with Crippen LogP contribution in [0.2, 0.25) is 0 Å². The number of rotatable bonds is 5. The molecule has 1 aromatic heterocycles. The third-order valence-corrected chi connectivity index (χ3v) is 3.74. The van der Waals surface area contributed by atoms with E-state index in [0.29, 0.717) is 12.5 Å². The summed E-state index contributed by atoms with van der Waals surface area (Å²) in [6.07, 6.45) is 3.76. The van der Waals surface area contributed by atoms with E-state index >= 15 is 0 Å². The molecule has 0 saturated heterocycles. The summed E-state index contributed by atoms with van der Waals surface area (Å²) in [5, 5.41) is 0. The van der Waals surface area contributed by atoms with Crippen molar-refractivity contribution in [1.29, 1.82) is 0 Å². The molecule has 0 amide bonds. The van der Waals surface area contributed by atoms with Crippen LogP contribution < -0.4 is 10.5 Å². The Hall–Kier alpha value is -2.75. The lowest BCUT2D eigenvalue weighted by Crippen LogP contribution is -1.97. The summed E-state index contributed by atoms with van der Waals surface area (Å²) in [6.45, 7) is 4.80. The molecule has 0 fully saturated rings. The predicted octanol–water partition coefficient (Wildman–Crippen LogP) is 4.16. The van der Waals surface area contributed by atoms with E-state index in [2.05, 4.69) is 31.0 Å². The fourth-order valence-electron chi connectivity index (χ4n) is 2.35. The fourth-order valence-corrected chi connectivity index (χ4v) is 2.35. The second kappa shape index (κ2) is 6.57. The highest BCUT2D eigenvalue weighted by molar-refractivity contribution is 5.45. The SMILES string of the molecule is CC(C)c1cccc(OCc2cn(-c3ccc(N)cc3)cn2)c1. The summed E-state index contributed by atoms with van der Waals surface area (Å²) in [5.74, 6) is 1.36. The van der Waals surface area contributed by atoms with E-state index in [9.17, 15) is 0 Å². The Morgan fingerprint density at radius 3 is 2.65 bits per heavy atom. The fraction of sp³-hybridized carbons (Fsp3) is 0.211. The lowest BCUT2D eigenvalue weighted by Gasteiger charge is -2.09. The number of nitrogens with zero attached hydrogens (tertiary/aromatic N) is 2. The molecule has 0 saturated carbocycles. The van der Waals surface area contributed by atoms with Gasteiger partial charge >= 0.3 is 0 Å². The lowest BCUT2D eigenvalue weighted by atomic mass is 10.0. The lowest BCUT2D eigenvalue weighted by molar-refractivity contribution is 0.301. The minimum atomic E-state index is 0.448. The van der Waals surface area contributed by atoms with Crippen molar-refractivity contribution in [3.05, 3.63) is 72.3 Å². The van der Waals surface area contributed by atoms with Crippen molar-refractivity contribution in [2.75, 3.05) is 5.73 Å². The van der Waals surface area contributed by atoms with Gasteiger partial charge in [0, 0.05) is 17.6 Å². The van der Waals surface area contributed by atoms with E-state index in [1.807, 2.05) is 47.2 Å². The molecule has 3 rings (SSSR count). The van der Waals surface area contributed by atoms with E-state index in [4.69, 9.17) is 10.5 Å². The van der Waals surface area contributed by atoms with E-state index in [1.54, 1.807) is 6.33 Å². The largest absolute Gasteiger partial charge is 0.487 e. The molecule has 0 radical (unpaired) electrons. The molecule has 23 heavy (non-hydrogen) atoms. The van der Waals surface area contributed by atoms with Crippen LogP contribution in [0.4, 0.5) is 5.69 Å². The van der Waals surface area contributed by atoms with Gasteiger partial charge in [0.15, 0.2) is 0 Å². The summed E-state index contributed by atoms with van der Waals surface area (Å²) in [7, 11) is 0. The van der Waals surface area contributed by atoms with Gasteiger partial charge in [0.05, 0.1) is 12.0 Å². The summed E-state index contributed by atoms with van der Waals surface area (Å²) in [4.78, 5) is 4.39. The zero-order chi connectivity index (χ0) is 16.2. The smallest absolute Gasteiger partial charge is 0.132 e. The predicted molar refractivity (Wildman–Crippen MR) is 92.8 cm³/mol. The van der Waals surface area contributed by atoms with Crippen LogP contribution >= 0.6 is 0 Å². The van der Waals surface area contributed by atoms with Crippen LogP contribution in [0.3, 0.4) is 0 Å². The molecular weight excluding hydrogens is 286 g/mol.